The van der Waals surface area contributed by atoms with Gasteiger partial charge in [0, 0.05) is 23.5 Å². The number of sulfonamides is 1. The SMILES string of the molecule is COc1ccc(C(=O)Nc2ccc(CCN(C)C)cc2)cc1S(=O)(=O)Nc1ccc(C)cc1. The van der Waals surface area contributed by atoms with Crippen LogP contribution in [0.1, 0.15) is 21.5 Å². The number of ether oxygens (including phenoxy) is 1. The smallest absolute Gasteiger partial charge is 0.265 e. The lowest BCUT2D eigenvalue weighted by Crippen LogP contribution is -2.17. The number of anilines is 2. The molecule has 1 amide bonds. The Balaban J connectivity index is 1.79. The molecule has 0 aliphatic rings. The lowest BCUT2D eigenvalue weighted by molar-refractivity contribution is 0.102. The van der Waals surface area contributed by atoms with Crippen LogP contribution in [0.4, 0.5) is 11.4 Å². The van der Waals surface area contributed by atoms with Crippen molar-refractivity contribution >= 4 is 27.3 Å². The third-order valence-corrected chi connectivity index (χ3v) is 6.48. The van der Waals surface area contributed by atoms with E-state index < -0.39 is 15.9 Å². The van der Waals surface area contributed by atoms with Crippen LogP contribution in [-0.2, 0) is 16.4 Å². The molecule has 3 aromatic rings. The normalized spacial score (nSPS) is 11.3. The highest BCUT2D eigenvalue weighted by atomic mass is 32.2. The van der Waals surface area contributed by atoms with Gasteiger partial charge in [-0.2, -0.15) is 0 Å². The van der Waals surface area contributed by atoms with Crippen molar-refractivity contribution in [3.05, 3.63) is 83.4 Å². The number of benzene rings is 3. The molecule has 0 aliphatic carbocycles. The molecule has 0 fully saturated rings. The number of carbonyl (C=O) groups is 1. The van der Waals surface area contributed by atoms with E-state index in [2.05, 4.69) is 14.9 Å². The third kappa shape index (κ3) is 6.57. The fourth-order valence-electron chi connectivity index (χ4n) is 3.17. The molecule has 0 bridgehead atoms. The Bertz CT molecular complexity index is 1210. The third-order valence-electron chi connectivity index (χ3n) is 5.08. The number of likely N-dealkylation sites (N-methyl/N-ethyl adjacent to an activating group) is 1. The molecule has 3 rings (SSSR count). The maximum atomic E-state index is 13.0. The van der Waals surface area contributed by atoms with Crippen LogP contribution in [-0.4, -0.2) is 47.0 Å². The van der Waals surface area contributed by atoms with E-state index in [1.807, 2.05) is 57.4 Å². The summed E-state index contributed by atoms with van der Waals surface area (Å²) in [4.78, 5) is 14.8. The molecule has 0 heterocycles. The first kappa shape index (κ1) is 24.3. The number of methoxy groups -OCH3 is 1. The first-order valence-corrected chi connectivity index (χ1v) is 12.0. The van der Waals surface area contributed by atoms with Gasteiger partial charge in [-0.25, -0.2) is 8.42 Å². The highest BCUT2D eigenvalue weighted by Crippen LogP contribution is 2.27. The maximum Gasteiger partial charge on any atom is 0.265 e. The molecule has 3 aromatic carbocycles. The van der Waals surface area contributed by atoms with Crippen LogP contribution in [0.5, 0.6) is 5.75 Å². The van der Waals surface area contributed by atoms with Crippen LogP contribution in [0.3, 0.4) is 0 Å². The zero-order chi connectivity index (χ0) is 24.0. The fraction of sp³-hybridized carbons (Fsp3) is 0.240. The Morgan fingerprint density at radius 3 is 2.18 bits per heavy atom. The largest absolute Gasteiger partial charge is 0.495 e. The van der Waals surface area contributed by atoms with E-state index in [1.54, 1.807) is 12.1 Å². The Hall–Kier alpha value is -3.36. The van der Waals surface area contributed by atoms with E-state index in [4.69, 9.17) is 4.74 Å². The molecule has 0 aromatic heterocycles. The topological polar surface area (TPSA) is 87.7 Å². The van der Waals surface area contributed by atoms with Gasteiger partial charge in [0.05, 0.1) is 7.11 Å². The minimum absolute atomic E-state index is 0.114. The zero-order valence-electron chi connectivity index (χ0n) is 19.3. The van der Waals surface area contributed by atoms with Crippen molar-refractivity contribution in [3.8, 4) is 5.75 Å². The van der Waals surface area contributed by atoms with Gasteiger partial charge in [-0.05, 0) is 75.5 Å². The summed E-state index contributed by atoms with van der Waals surface area (Å²) in [5.41, 5.74) is 3.44. The minimum Gasteiger partial charge on any atom is -0.495 e. The molecule has 33 heavy (non-hydrogen) atoms. The molecule has 2 N–H and O–H groups in total. The monoisotopic (exact) mass is 467 g/mol. The number of hydrogen-bond donors (Lipinski definition) is 2. The number of rotatable bonds is 9. The summed E-state index contributed by atoms with van der Waals surface area (Å²) in [6.07, 6.45) is 0.912. The first-order chi connectivity index (χ1) is 15.7. The Labute approximate surface area is 195 Å². The number of amides is 1. The molecule has 7 nitrogen and oxygen atoms in total. The number of carbonyl (C=O) groups excluding carboxylic acids is 1. The van der Waals surface area contributed by atoms with E-state index >= 15 is 0 Å². The number of aryl methyl sites for hydroxylation is 1. The van der Waals surface area contributed by atoms with Gasteiger partial charge in [0.2, 0.25) is 0 Å². The fourth-order valence-corrected chi connectivity index (χ4v) is 4.43. The van der Waals surface area contributed by atoms with Crippen molar-refractivity contribution in [3.63, 3.8) is 0 Å². The number of nitrogens with one attached hydrogen (secondary N) is 2. The van der Waals surface area contributed by atoms with E-state index in [0.717, 1.165) is 18.5 Å². The van der Waals surface area contributed by atoms with Crippen molar-refractivity contribution in [2.75, 3.05) is 37.8 Å². The molecule has 0 radical (unpaired) electrons. The van der Waals surface area contributed by atoms with Crippen LogP contribution in [0.2, 0.25) is 0 Å². The number of nitrogens with zero attached hydrogens (tertiary/aromatic N) is 1. The second-order valence-electron chi connectivity index (χ2n) is 8.04. The van der Waals surface area contributed by atoms with Gasteiger partial charge in [0.1, 0.15) is 10.6 Å². The molecule has 8 heteroatoms. The Morgan fingerprint density at radius 2 is 1.58 bits per heavy atom. The van der Waals surface area contributed by atoms with Crippen molar-refractivity contribution in [2.45, 2.75) is 18.2 Å². The van der Waals surface area contributed by atoms with Gasteiger partial charge in [-0.3, -0.25) is 9.52 Å². The van der Waals surface area contributed by atoms with Gasteiger partial charge in [-0.1, -0.05) is 29.8 Å². The van der Waals surface area contributed by atoms with E-state index in [9.17, 15) is 13.2 Å². The lowest BCUT2D eigenvalue weighted by Gasteiger charge is -2.14. The van der Waals surface area contributed by atoms with Crippen molar-refractivity contribution < 1.29 is 17.9 Å². The second-order valence-corrected chi connectivity index (χ2v) is 9.69. The highest BCUT2D eigenvalue weighted by Gasteiger charge is 2.22. The Kier molecular flexibility index (Phi) is 7.73. The second kappa shape index (κ2) is 10.5. The molecule has 0 aliphatic heterocycles. The van der Waals surface area contributed by atoms with Gasteiger partial charge in [0.25, 0.3) is 15.9 Å². The zero-order valence-corrected chi connectivity index (χ0v) is 20.1. The van der Waals surface area contributed by atoms with Crippen LogP contribution in [0, 0.1) is 6.92 Å². The van der Waals surface area contributed by atoms with Gasteiger partial charge in [-0.15, -0.1) is 0 Å². The predicted molar refractivity (Wildman–Crippen MR) is 132 cm³/mol. The van der Waals surface area contributed by atoms with Crippen LogP contribution >= 0.6 is 0 Å². The summed E-state index contributed by atoms with van der Waals surface area (Å²) in [6.45, 7) is 2.85. The van der Waals surface area contributed by atoms with Gasteiger partial charge < -0.3 is 15.0 Å². The first-order valence-electron chi connectivity index (χ1n) is 10.5. The maximum absolute atomic E-state index is 13.0. The molecular weight excluding hydrogens is 438 g/mol. The van der Waals surface area contributed by atoms with Crippen LogP contribution < -0.4 is 14.8 Å². The standard InChI is InChI=1S/C25H29N3O4S/c1-18-5-10-22(11-6-18)27-33(30,31)24-17-20(9-14-23(24)32-4)25(29)26-21-12-7-19(8-13-21)15-16-28(2)3/h5-14,17,27H,15-16H2,1-4H3,(H,26,29). The summed E-state index contributed by atoms with van der Waals surface area (Å²) >= 11 is 0. The van der Waals surface area contributed by atoms with Crippen LogP contribution in [0.15, 0.2) is 71.6 Å². The summed E-state index contributed by atoms with van der Waals surface area (Å²) in [5.74, 6) is -0.262. The lowest BCUT2D eigenvalue weighted by atomic mass is 10.1. The average Bonchev–Trinajstić information content (AvgIpc) is 2.79. The molecule has 174 valence electrons. The number of hydrogen-bond acceptors (Lipinski definition) is 5. The Morgan fingerprint density at radius 1 is 0.939 bits per heavy atom. The quantitative estimate of drug-likeness (QED) is 0.493. The minimum atomic E-state index is -3.98. The van der Waals surface area contributed by atoms with E-state index in [1.165, 1.54) is 30.9 Å². The molecule has 0 saturated heterocycles. The molecule has 0 spiro atoms. The predicted octanol–water partition coefficient (Wildman–Crippen LogP) is 4.16. The molecule has 0 saturated carbocycles. The van der Waals surface area contributed by atoms with Crippen molar-refractivity contribution in [1.82, 2.24) is 4.90 Å². The summed E-state index contributed by atoms with van der Waals surface area (Å²) in [5, 5.41) is 2.82. The molecule has 0 atom stereocenters. The molecule has 0 unspecified atom stereocenters. The van der Waals surface area contributed by atoms with E-state index in [-0.39, 0.29) is 16.2 Å². The van der Waals surface area contributed by atoms with Crippen LogP contribution in [0.25, 0.3) is 0 Å². The summed E-state index contributed by atoms with van der Waals surface area (Å²) in [6, 6.07) is 18.9. The van der Waals surface area contributed by atoms with Crippen molar-refractivity contribution in [1.29, 1.82) is 0 Å². The van der Waals surface area contributed by atoms with Crippen molar-refractivity contribution in [2.24, 2.45) is 0 Å². The van der Waals surface area contributed by atoms with Gasteiger partial charge >= 0.3 is 0 Å². The van der Waals surface area contributed by atoms with Gasteiger partial charge in [0.15, 0.2) is 0 Å². The van der Waals surface area contributed by atoms with E-state index in [0.29, 0.717) is 11.4 Å². The molecular formula is C25H29N3O4S. The summed E-state index contributed by atoms with van der Waals surface area (Å²) < 4.78 is 33.8. The average molecular weight is 468 g/mol. The summed E-state index contributed by atoms with van der Waals surface area (Å²) in [7, 11) is 1.45. The highest BCUT2D eigenvalue weighted by molar-refractivity contribution is 7.92.